The van der Waals surface area contributed by atoms with Gasteiger partial charge in [0.1, 0.15) is 13.2 Å². The van der Waals surface area contributed by atoms with Crippen molar-refractivity contribution >= 4 is 34.7 Å². The Morgan fingerprint density at radius 3 is 2.57 bits per heavy atom. The molecule has 35 heavy (non-hydrogen) atoms. The zero-order chi connectivity index (χ0) is 25.0. The van der Waals surface area contributed by atoms with E-state index in [-0.39, 0.29) is 12.5 Å². The molecule has 8 heteroatoms. The molecule has 3 rings (SSSR count). The van der Waals surface area contributed by atoms with Gasteiger partial charge in [-0.1, -0.05) is 36.3 Å². The van der Waals surface area contributed by atoms with E-state index < -0.39 is 0 Å². The van der Waals surface area contributed by atoms with E-state index in [0.29, 0.717) is 41.8 Å². The summed E-state index contributed by atoms with van der Waals surface area (Å²) in [5.41, 5.74) is 4.68. The summed E-state index contributed by atoms with van der Waals surface area (Å²) in [5, 5.41) is 4.07. The van der Waals surface area contributed by atoms with Crippen LogP contribution in [0.25, 0.3) is 0 Å². The molecular weight excluding hydrogens is 559 g/mol. The smallest absolute Gasteiger partial charge is 0.271 e. The van der Waals surface area contributed by atoms with Gasteiger partial charge in [-0.3, -0.25) is 4.79 Å². The molecule has 0 unspecified atom stereocenters. The van der Waals surface area contributed by atoms with Crippen molar-refractivity contribution in [3.05, 3.63) is 80.9 Å². The van der Waals surface area contributed by atoms with Crippen molar-refractivity contribution < 1.29 is 23.7 Å². The van der Waals surface area contributed by atoms with Crippen LogP contribution in [0.15, 0.2) is 65.8 Å². The Bertz CT molecular complexity index is 1220. The van der Waals surface area contributed by atoms with E-state index in [4.69, 9.17) is 25.4 Å². The number of halogens is 1. The molecule has 0 bridgehead atoms. The summed E-state index contributed by atoms with van der Waals surface area (Å²) < 4.78 is 23.3. The minimum Gasteiger partial charge on any atom is -0.493 e. The molecule has 1 amide bonds. The molecule has 0 aliphatic carbocycles. The Hall–Kier alpha value is -3.71. The Morgan fingerprint density at radius 2 is 1.86 bits per heavy atom. The van der Waals surface area contributed by atoms with E-state index in [9.17, 15) is 4.79 Å². The van der Waals surface area contributed by atoms with Crippen molar-refractivity contribution in [3.63, 3.8) is 0 Å². The lowest BCUT2D eigenvalue weighted by Gasteiger charge is -2.13. The molecule has 0 spiro atoms. The van der Waals surface area contributed by atoms with Gasteiger partial charge in [0, 0.05) is 5.56 Å². The number of methoxy groups -OCH3 is 1. The maximum absolute atomic E-state index is 12.7. The predicted octanol–water partition coefficient (Wildman–Crippen LogP) is 5.05. The monoisotopic (exact) mass is 584 g/mol. The quantitative estimate of drug-likeness (QED) is 0.148. The Balaban J connectivity index is 1.68. The molecule has 3 aromatic carbocycles. The number of amides is 1. The standard InChI is InChI=1S/C27H25IN2O5/c1-4-13-34-26-22(28)14-20(15-25(26)32-3)17-29-30-27(31)21-11-12-23(24(16-21)33-5-2)35-18-19-9-7-6-8-10-19/h1,6-12,14-17H,5,13,18H2,2-3H3,(H,30,31)/b29-17+. The van der Waals surface area contributed by atoms with E-state index in [1.54, 1.807) is 31.4 Å². The Labute approximate surface area is 218 Å². The van der Waals surface area contributed by atoms with Gasteiger partial charge in [-0.2, -0.15) is 5.10 Å². The summed E-state index contributed by atoms with van der Waals surface area (Å²) in [7, 11) is 1.54. The zero-order valence-corrected chi connectivity index (χ0v) is 21.6. The predicted molar refractivity (Wildman–Crippen MR) is 143 cm³/mol. The lowest BCUT2D eigenvalue weighted by molar-refractivity contribution is 0.0954. The summed E-state index contributed by atoms with van der Waals surface area (Å²) in [6.07, 6.45) is 6.79. The fraction of sp³-hybridized carbons (Fsp3) is 0.185. The summed E-state index contributed by atoms with van der Waals surface area (Å²) in [5.74, 6) is 4.18. The Kier molecular flexibility index (Phi) is 9.80. The molecule has 0 aromatic heterocycles. The second-order valence-corrected chi connectivity index (χ2v) is 8.26. The number of ether oxygens (including phenoxy) is 4. The van der Waals surface area contributed by atoms with E-state index in [0.717, 1.165) is 14.7 Å². The summed E-state index contributed by atoms with van der Waals surface area (Å²) in [6, 6.07) is 18.4. The van der Waals surface area contributed by atoms with Crippen LogP contribution in [0.2, 0.25) is 0 Å². The van der Waals surface area contributed by atoms with Crippen molar-refractivity contribution in [2.45, 2.75) is 13.5 Å². The highest BCUT2D eigenvalue weighted by Gasteiger charge is 2.13. The molecule has 0 atom stereocenters. The lowest BCUT2D eigenvalue weighted by Crippen LogP contribution is -2.17. The number of rotatable bonds is 11. The lowest BCUT2D eigenvalue weighted by atomic mass is 10.2. The van der Waals surface area contributed by atoms with Crippen LogP contribution in [-0.4, -0.2) is 32.4 Å². The summed E-state index contributed by atoms with van der Waals surface area (Å²) in [4.78, 5) is 12.7. The van der Waals surface area contributed by atoms with Crippen LogP contribution in [0.3, 0.4) is 0 Å². The van der Waals surface area contributed by atoms with Gasteiger partial charge in [-0.15, -0.1) is 6.42 Å². The number of carbonyl (C=O) groups is 1. The summed E-state index contributed by atoms with van der Waals surface area (Å²) in [6.45, 7) is 2.84. The number of hydrogen-bond donors (Lipinski definition) is 1. The molecule has 3 aromatic rings. The van der Waals surface area contributed by atoms with Gasteiger partial charge >= 0.3 is 0 Å². The van der Waals surface area contributed by atoms with Crippen LogP contribution in [0.4, 0.5) is 0 Å². The SMILES string of the molecule is C#CCOc1c(I)cc(/C=N/NC(=O)c2ccc(OCc3ccccc3)c(OCC)c2)cc1OC. The van der Waals surface area contributed by atoms with Gasteiger partial charge in [0.05, 0.1) is 23.5 Å². The number of nitrogens with zero attached hydrogens (tertiary/aromatic N) is 1. The van der Waals surface area contributed by atoms with Crippen molar-refractivity contribution in [3.8, 4) is 35.3 Å². The number of carbonyl (C=O) groups excluding carboxylic acids is 1. The molecule has 7 nitrogen and oxygen atoms in total. The fourth-order valence-corrected chi connectivity index (χ4v) is 3.85. The molecule has 0 heterocycles. The van der Waals surface area contributed by atoms with Crippen LogP contribution >= 0.6 is 22.6 Å². The van der Waals surface area contributed by atoms with Gasteiger partial charge in [0.25, 0.3) is 5.91 Å². The number of nitrogens with one attached hydrogen (secondary N) is 1. The molecule has 0 aliphatic heterocycles. The first-order chi connectivity index (χ1) is 17.0. The average molecular weight is 584 g/mol. The van der Waals surface area contributed by atoms with Gasteiger partial charge in [0.15, 0.2) is 23.0 Å². The third-order valence-electron chi connectivity index (χ3n) is 4.67. The summed E-state index contributed by atoms with van der Waals surface area (Å²) >= 11 is 2.13. The van der Waals surface area contributed by atoms with E-state index in [2.05, 4.69) is 39.0 Å². The number of hydrazone groups is 1. The van der Waals surface area contributed by atoms with Crippen LogP contribution in [0.1, 0.15) is 28.4 Å². The third-order valence-corrected chi connectivity index (χ3v) is 5.48. The van der Waals surface area contributed by atoms with Crippen molar-refractivity contribution in [2.24, 2.45) is 5.10 Å². The van der Waals surface area contributed by atoms with Crippen LogP contribution in [0.5, 0.6) is 23.0 Å². The first-order valence-corrected chi connectivity index (χ1v) is 11.8. The molecule has 0 saturated carbocycles. The maximum atomic E-state index is 12.7. The van der Waals surface area contributed by atoms with Crippen LogP contribution in [0, 0.1) is 15.9 Å². The van der Waals surface area contributed by atoms with Crippen molar-refractivity contribution in [1.82, 2.24) is 5.43 Å². The van der Waals surface area contributed by atoms with E-state index >= 15 is 0 Å². The fourth-order valence-electron chi connectivity index (χ4n) is 3.07. The van der Waals surface area contributed by atoms with E-state index in [1.807, 2.05) is 43.3 Å². The average Bonchev–Trinajstić information content (AvgIpc) is 2.87. The molecule has 0 radical (unpaired) electrons. The largest absolute Gasteiger partial charge is 0.493 e. The van der Waals surface area contributed by atoms with Gasteiger partial charge < -0.3 is 18.9 Å². The second-order valence-electron chi connectivity index (χ2n) is 7.09. The molecule has 0 aliphatic rings. The molecule has 1 N–H and O–H groups in total. The number of terminal acetylenes is 1. The van der Waals surface area contributed by atoms with Crippen LogP contribution < -0.4 is 24.4 Å². The molecule has 180 valence electrons. The van der Waals surface area contributed by atoms with Gasteiger partial charge in [-0.05, 0) is 71.0 Å². The second kappa shape index (κ2) is 13.2. The number of hydrogen-bond acceptors (Lipinski definition) is 6. The highest BCUT2D eigenvalue weighted by molar-refractivity contribution is 14.1. The van der Waals surface area contributed by atoms with Gasteiger partial charge in [-0.25, -0.2) is 5.43 Å². The first kappa shape index (κ1) is 25.9. The molecule has 0 saturated heterocycles. The van der Waals surface area contributed by atoms with Crippen molar-refractivity contribution in [1.29, 1.82) is 0 Å². The Morgan fingerprint density at radius 1 is 1.06 bits per heavy atom. The van der Waals surface area contributed by atoms with Crippen molar-refractivity contribution in [2.75, 3.05) is 20.3 Å². The topological polar surface area (TPSA) is 78.4 Å². The first-order valence-electron chi connectivity index (χ1n) is 10.8. The highest BCUT2D eigenvalue weighted by atomic mass is 127. The van der Waals surface area contributed by atoms with Crippen LogP contribution in [-0.2, 0) is 6.61 Å². The normalized spacial score (nSPS) is 10.5. The third kappa shape index (κ3) is 7.39. The minimum absolute atomic E-state index is 0.135. The molecular formula is C27H25IN2O5. The van der Waals surface area contributed by atoms with E-state index in [1.165, 1.54) is 6.21 Å². The zero-order valence-electron chi connectivity index (χ0n) is 19.4. The number of benzene rings is 3. The van der Waals surface area contributed by atoms with Gasteiger partial charge in [0.2, 0.25) is 0 Å². The highest BCUT2D eigenvalue weighted by Crippen LogP contribution is 2.33. The minimum atomic E-state index is -0.382. The maximum Gasteiger partial charge on any atom is 0.271 e. The molecule has 0 fully saturated rings.